The quantitative estimate of drug-likeness (QED) is 0.872. The predicted molar refractivity (Wildman–Crippen MR) is 91.6 cm³/mol. The molecule has 5 heteroatoms. The molecule has 3 rings (SSSR count). The number of rotatable bonds is 3. The van der Waals surface area contributed by atoms with E-state index in [9.17, 15) is 5.26 Å². The molecular weight excluding hydrogens is 286 g/mol. The van der Waals surface area contributed by atoms with Gasteiger partial charge in [-0.05, 0) is 44.0 Å². The van der Waals surface area contributed by atoms with Crippen LogP contribution in [0.15, 0.2) is 36.5 Å². The normalized spacial score (nSPS) is 15.3. The van der Waals surface area contributed by atoms with Gasteiger partial charge in [-0.3, -0.25) is 0 Å². The van der Waals surface area contributed by atoms with Gasteiger partial charge in [0.05, 0.1) is 5.56 Å². The largest absolute Gasteiger partial charge is 0.357 e. The van der Waals surface area contributed by atoms with Crippen molar-refractivity contribution in [1.29, 1.82) is 5.26 Å². The number of nitrogens with zero attached hydrogens (tertiary/aromatic N) is 5. The first kappa shape index (κ1) is 15.3. The fraction of sp³-hybridized carbons (Fsp3) is 0.389. The van der Waals surface area contributed by atoms with Gasteiger partial charge in [-0.25, -0.2) is 9.97 Å². The summed E-state index contributed by atoms with van der Waals surface area (Å²) in [6.45, 7) is 3.78. The number of piperidine rings is 1. The van der Waals surface area contributed by atoms with E-state index in [-0.39, 0.29) is 0 Å². The Morgan fingerprint density at radius 3 is 2.65 bits per heavy atom. The summed E-state index contributed by atoms with van der Waals surface area (Å²) in [4.78, 5) is 13.5. The first-order valence-corrected chi connectivity index (χ1v) is 7.95. The molecule has 0 saturated carbocycles. The Bertz CT molecular complexity index is 699. The Balaban J connectivity index is 1.70. The molecule has 1 aliphatic rings. The van der Waals surface area contributed by atoms with Crippen LogP contribution in [0, 0.1) is 18.3 Å². The van der Waals surface area contributed by atoms with Gasteiger partial charge in [0.1, 0.15) is 17.7 Å². The molecule has 0 aliphatic carbocycles. The van der Waals surface area contributed by atoms with E-state index in [2.05, 4.69) is 32.9 Å². The number of pyridine rings is 2. The zero-order valence-electron chi connectivity index (χ0n) is 13.6. The van der Waals surface area contributed by atoms with Gasteiger partial charge < -0.3 is 9.80 Å². The molecule has 118 valence electrons. The third-order valence-electron chi connectivity index (χ3n) is 4.46. The molecule has 2 aromatic rings. The van der Waals surface area contributed by atoms with Gasteiger partial charge in [-0.15, -0.1) is 0 Å². The van der Waals surface area contributed by atoms with Crippen LogP contribution in [0.3, 0.4) is 0 Å². The van der Waals surface area contributed by atoms with Crippen molar-refractivity contribution in [1.82, 2.24) is 9.97 Å². The second-order valence-electron chi connectivity index (χ2n) is 5.95. The minimum Gasteiger partial charge on any atom is -0.357 e. The lowest BCUT2D eigenvalue weighted by Gasteiger charge is -2.38. The van der Waals surface area contributed by atoms with E-state index >= 15 is 0 Å². The summed E-state index contributed by atoms with van der Waals surface area (Å²) in [6.07, 6.45) is 3.90. The maximum absolute atomic E-state index is 9.30. The standard InChI is InChI=1S/C18H21N5/c1-14-6-7-15(13-19)18(21-14)23-11-8-16(9-12-23)22(2)17-5-3-4-10-20-17/h3-7,10,16H,8-9,11-12H2,1-2H3. The highest BCUT2D eigenvalue weighted by Gasteiger charge is 2.25. The van der Waals surface area contributed by atoms with Crippen molar-refractivity contribution >= 4 is 11.6 Å². The van der Waals surface area contributed by atoms with Crippen molar-refractivity contribution < 1.29 is 0 Å². The lowest BCUT2D eigenvalue weighted by molar-refractivity contribution is 0.478. The van der Waals surface area contributed by atoms with Crippen LogP contribution >= 0.6 is 0 Å². The minimum absolute atomic E-state index is 0.469. The molecule has 0 atom stereocenters. The molecule has 0 N–H and O–H groups in total. The second-order valence-corrected chi connectivity index (χ2v) is 5.95. The third kappa shape index (κ3) is 3.26. The van der Waals surface area contributed by atoms with E-state index in [1.807, 2.05) is 43.5 Å². The molecule has 0 aromatic carbocycles. The van der Waals surface area contributed by atoms with Crippen LogP contribution in [0.1, 0.15) is 24.1 Å². The van der Waals surface area contributed by atoms with Crippen molar-refractivity contribution in [2.75, 3.05) is 29.9 Å². The summed E-state index contributed by atoms with van der Waals surface area (Å²) in [6, 6.07) is 12.5. The molecule has 0 bridgehead atoms. The average Bonchev–Trinajstić information content (AvgIpc) is 2.62. The van der Waals surface area contributed by atoms with Gasteiger partial charge in [0.15, 0.2) is 0 Å². The number of hydrogen-bond donors (Lipinski definition) is 0. The van der Waals surface area contributed by atoms with Crippen LogP contribution in [0.25, 0.3) is 0 Å². The van der Waals surface area contributed by atoms with Crippen molar-refractivity contribution in [2.45, 2.75) is 25.8 Å². The minimum atomic E-state index is 0.469. The molecule has 0 unspecified atom stereocenters. The summed E-state index contributed by atoms with van der Waals surface area (Å²) < 4.78 is 0. The molecular formula is C18H21N5. The van der Waals surface area contributed by atoms with Crippen molar-refractivity contribution in [3.05, 3.63) is 47.8 Å². The van der Waals surface area contributed by atoms with Crippen LogP contribution in [0.5, 0.6) is 0 Å². The highest BCUT2D eigenvalue weighted by atomic mass is 15.2. The maximum atomic E-state index is 9.30. The summed E-state index contributed by atoms with van der Waals surface area (Å²) in [5.74, 6) is 1.84. The molecule has 0 amide bonds. The third-order valence-corrected chi connectivity index (χ3v) is 4.46. The Hall–Kier alpha value is -2.61. The van der Waals surface area contributed by atoms with E-state index in [4.69, 9.17) is 0 Å². The van der Waals surface area contributed by atoms with Crippen molar-refractivity contribution in [3.63, 3.8) is 0 Å². The Morgan fingerprint density at radius 2 is 2.00 bits per heavy atom. The van der Waals surface area contributed by atoms with E-state index in [1.165, 1.54) is 0 Å². The van der Waals surface area contributed by atoms with Crippen LogP contribution in [0.2, 0.25) is 0 Å². The summed E-state index contributed by atoms with van der Waals surface area (Å²) in [7, 11) is 2.11. The zero-order valence-corrected chi connectivity index (χ0v) is 13.6. The van der Waals surface area contributed by atoms with Crippen LogP contribution in [0.4, 0.5) is 11.6 Å². The molecule has 3 heterocycles. The van der Waals surface area contributed by atoms with E-state index in [0.29, 0.717) is 11.6 Å². The highest BCUT2D eigenvalue weighted by Crippen LogP contribution is 2.25. The van der Waals surface area contributed by atoms with Crippen LogP contribution in [-0.2, 0) is 0 Å². The number of aryl methyl sites for hydroxylation is 1. The second kappa shape index (κ2) is 6.66. The van der Waals surface area contributed by atoms with Gasteiger partial charge in [-0.2, -0.15) is 5.26 Å². The molecule has 2 aromatic heterocycles. The Kier molecular flexibility index (Phi) is 4.42. The molecule has 0 spiro atoms. The van der Waals surface area contributed by atoms with Gasteiger partial charge in [0.2, 0.25) is 0 Å². The lowest BCUT2D eigenvalue weighted by atomic mass is 10.0. The first-order valence-electron chi connectivity index (χ1n) is 7.95. The molecule has 5 nitrogen and oxygen atoms in total. The molecule has 23 heavy (non-hydrogen) atoms. The number of anilines is 2. The number of nitriles is 1. The van der Waals surface area contributed by atoms with Crippen molar-refractivity contribution in [2.24, 2.45) is 0 Å². The maximum Gasteiger partial charge on any atom is 0.146 e. The first-order chi connectivity index (χ1) is 11.2. The van der Waals surface area contributed by atoms with Crippen molar-refractivity contribution in [3.8, 4) is 6.07 Å². The molecule has 0 radical (unpaired) electrons. The summed E-state index contributed by atoms with van der Waals surface area (Å²) >= 11 is 0. The van der Waals surface area contributed by atoms with Gasteiger partial charge in [0.25, 0.3) is 0 Å². The predicted octanol–water partition coefficient (Wildman–Crippen LogP) is 2.76. The fourth-order valence-electron chi connectivity index (χ4n) is 3.09. The fourth-order valence-corrected chi connectivity index (χ4v) is 3.09. The number of aromatic nitrogens is 2. The average molecular weight is 307 g/mol. The van der Waals surface area contributed by atoms with Crippen LogP contribution < -0.4 is 9.80 Å². The van der Waals surface area contributed by atoms with Gasteiger partial charge in [-0.1, -0.05) is 6.07 Å². The molecule has 1 aliphatic heterocycles. The Labute approximate surface area is 137 Å². The van der Waals surface area contributed by atoms with Gasteiger partial charge in [0, 0.05) is 38.1 Å². The number of hydrogen-bond acceptors (Lipinski definition) is 5. The smallest absolute Gasteiger partial charge is 0.146 e. The van der Waals surface area contributed by atoms with Crippen LogP contribution in [-0.4, -0.2) is 36.1 Å². The monoisotopic (exact) mass is 307 g/mol. The summed E-state index contributed by atoms with van der Waals surface area (Å²) in [5, 5.41) is 9.30. The Morgan fingerprint density at radius 1 is 1.22 bits per heavy atom. The van der Waals surface area contributed by atoms with E-state index in [0.717, 1.165) is 43.3 Å². The molecule has 1 saturated heterocycles. The zero-order chi connectivity index (χ0) is 16.2. The lowest BCUT2D eigenvalue weighted by Crippen LogP contribution is -2.44. The SMILES string of the molecule is Cc1ccc(C#N)c(N2CCC(N(C)c3ccccn3)CC2)n1. The summed E-state index contributed by atoms with van der Waals surface area (Å²) in [5.41, 5.74) is 1.61. The highest BCUT2D eigenvalue weighted by molar-refractivity contribution is 5.54. The van der Waals surface area contributed by atoms with E-state index in [1.54, 1.807) is 0 Å². The van der Waals surface area contributed by atoms with E-state index < -0.39 is 0 Å². The topological polar surface area (TPSA) is 56.1 Å². The van der Waals surface area contributed by atoms with Gasteiger partial charge >= 0.3 is 0 Å². The molecule has 1 fully saturated rings.